The number of nitrogens with two attached hydrogens (primary N) is 1. The molecule has 0 atom stereocenters. The molecule has 0 rings (SSSR count). The molecule has 0 fully saturated rings. The van der Waals surface area contributed by atoms with Crippen molar-refractivity contribution in [2.75, 3.05) is 20.1 Å². The van der Waals surface area contributed by atoms with Crippen LogP contribution in [0.1, 0.15) is 13.8 Å². The van der Waals surface area contributed by atoms with Crippen LogP contribution in [-0.2, 0) is 0 Å². The first-order chi connectivity index (χ1) is 5.20. The van der Waals surface area contributed by atoms with E-state index in [4.69, 9.17) is 5.84 Å². The Labute approximate surface area is 68.6 Å². The number of aliphatic imine (C=N–C) groups is 1. The minimum atomic E-state index is 0.808. The Kier molecular flexibility index (Phi) is 5.70. The maximum atomic E-state index is 5.59. The van der Waals surface area contributed by atoms with E-state index in [-0.39, 0.29) is 0 Å². The molecule has 0 spiro atoms. The predicted molar refractivity (Wildman–Crippen MR) is 49.6 cm³/mol. The summed E-state index contributed by atoms with van der Waals surface area (Å²) >= 11 is 0. The van der Waals surface area contributed by atoms with Crippen LogP contribution in [-0.4, -0.2) is 31.4 Å². The Morgan fingerprint density at radius 3 is 2.73 bits per heavy atom. The van der Waals surface area contributed by atoms with Crippen molar-refractivity contribution < 1.29 is 0 Å². The van der Waals surface area contributed by atoms with Crippen LogP contribution in [0.5, 0.6) is 0 Å². The fourth-order valence-electron chi connectivity index (χ4n) is 0.687. The first-order valence-corrected chi connectivity index (χ1v) is 3.78. The van der Waals surface area contributed by atoms with E-state index in [1.165, 1.54) is 5.57 Å². The smallest absolute Gasteiger partial charge is 0.0339 e. The summed E-state index contributed by atoms with van der Waals surface area (Å²) in [4.78, 5) is 3.85. The van der Waals surface area contributed by atoms with Gasteiger partial charge in [0.25, 0.3) is 0 Å². The summed E-state index contributed by atoms with van der Waals surface area (Å²) in [6.45, 7) is 5.75. The van der Waals surface area contributed by atoms with Crippen LogP contribution in [0.2, 0.25) is 0 Å². The molecule has 0 aromatic carbocycles. The average molecular weight is 155 g/mol. The van der Waals surface area contributed by atoms with Gasteiger partial charge >= 0.3 is 0 Å². The molecule has 0 saturated heterocycles. The van der Waals surface area contributed by atoms with Gasteiger partial charge in [0.2, 0.25) is 0 Å². The third-order valence-electron chi connectivity index (χ3n) is 1.37. The second-order valence-electron chi connectivity index (χ2n) is 2.48. The highest BCUT2D eigenvalue weighted by atomic mass is 15.4. The van der Waals surface area contributed by atoms with Crippen molar-refractivity contribution in [2.45, 2.75) is 13.8 Å². The van der Waals surface area contributed by atoms with Crippen molar-refractivity contribution in [2.24, 2.45) is 10.8 Å². The quantitative estimate of drug-likeness (QED) is 0.371. The van der Waals surface area contributed by atoms with Crippen LogP contribution in [0.25, 0.3) is 0 Å². The Hall–Kier alpha value is -0.670. The molecule has 0 aliphatic carbocycles. The summed E-state index contributed by atoms with van der Waals surface area (Å²) in [5.74, 6) is 5.59. The van der Waals surface area contributed by atoms with Gasteiger partial charge in [0.1, 0.15) is 0 Å². The minimum Gasteiger partial charge on any atom is -0.297 e. The molecule has 0 unspecified atom stereocenters. The molecule has 0 saturated carbocycles. The molecule has 0 bridgehead atoms. The molecule has 3 heteroatoms. The topological polar surface area (TPSA) is 41.6 Å². The molecule has 0 aromatic rings. The number of hydrogen-bond donors (Lipinski definition) is 1. The summed E-state index contributed by atoms with van der Waals surface area (Å²) in [6, 6.07) is 0. The number of allylic oxidation sites excluding steroid dienone is 1. The van der Waals surface area contributed by atoms with Gasteiger partial charge in [-0.3, -0.25) is 10.8 Å². The molecule has 0 heterocycles. The predicted octanol–water partition coefficient (Wildman–Crippen LogP) is 0.829. The molecule has 0 aliphatic heterocycles. The zero-order valence-electron chi connectivity index (χ0n) is 7.54. The van der Waals surface area contributed by atoms with Crippen molar-refractivity contribution >= 4 is 6.21 Å². The van der Waals surface area contributed by atoms with E-state index in [0.29, 0.717) is 0 Å². The Morgan fingerprint density at radius 2 is 2.27 bits per heavy atom. The van der Waals surface area contributed by atoms with E-state index in [1.54, 1.807) is 18.3 Å². The second kappa shape index (κ2) is 6.07. The SMILES string of the molecule is CCN(N)C/C(C)=C/C=N\C. The number of hydrogen-bond acceptors (Lipinski definition) is 3. The van der Waals surface area contributed by atoms with Crippen molar-refractivity contribution in [3.05, 3.63) is 11.6 Å². The van der Waals surface area contributed by atoms with Crippen LogP contribution in [0.4, 0.5) is 0 Å². The van der Waals surface area contributed by atoms with Crippen LogP contribution in [0.3, 0.4) is 0 Å². The number of nitrogens with zero attached hydrogens (tertiary/aromatic N) is 2. The molecule has 11 heavy (non-hydrogen) atoms. The van der Waals surface area contributed by atoms with Gasteiger partial charge in [-0.1, -0.05) is 12.5 Å². The summed E-state index contributed by atoms with van der Waals surface area (Å²) in [6.07, 6.45) is 3.74. The Bertz CT molecular complexity index is 149. The monoisotopic (exact) mass is 155 g/mol. The largest absolute Gasteiger partial charge is 0.297 e. The van der Waals surface area contributed by atoms with Gasteiger partial charge in [0.05, 0.1) is 0 Å². The van der Waals surface area contributed by atoms with Gasteiger partial charge in [-0.15, -0.1) is 0 Å². The van der Waals surface area contributed by atoms with E-state index in [2.05, 4.69) is 4.99 Å². The molecule has 2 N–H and O–H groups in total. The van der Waals surface area contributed by atoms with Gasteiger partial charge in [0.15, 0.2) is 0 Å². The summed E-state index contributed by atoms with van der Waals surface area (Å²) < 4.78 is 0. The Balaban J connectivity index is 3.75. The first-order valence-electron chi connectivity index (χ1n) is 3.78. The Morgan fingerprint density at radius 1 is 1.64 bits per heavy atom. The summed E-state index contributed by atoms with van der Waals surface area (Å²) in [5, 5.41) is 1.76. The van der Waals surface area contributed by atoms with Crippen molar-refractivity contribution in [1.29, 1.82) is 0 Å². The maximum Gasteiger partial charge on any atom is 0.0339 e. The lowest BCUT2D eigenvalue weighted by Gasteiger charge is -2.12. The average Bonchev–Trinajstić information content (AvgIpc) is 2.00. The molecule has 0 aromatic heterocycles. The van der Waals surface area contributed by atoms with Crippen molar-refractivity contribution in [3.63, 3.8) is 0 Å². The fraction of sp³-hybridized carbons (Fsp3) is 0.625. The first kappa shape index (κ1) is 10.3. The van der Waals surface area contributed by atoms with Gasteiger partial charge in [-0.05, 0) is 13.0 Å². The van der Waals surface area contributed by atoms with Crippen molar-refractivity contribution in [1.82, 2.24) is 5.01 Å². The second-order valence-corrected chi connectivity index (χ2v) is 2.48. The van der Waals surface area contributed by atoms with E-state index < -0.39 is 0 Å². The highest BCUT2D eigenvalue weighted by Crippen LogP contribution is 1.91. The maximum absolute atomic E-state index is 5.59. The van der Waals surface area contributed by atoms with Crippen LogP contribution in [0, 0.1) is 0 Å². The lowest BCUT2D eigenvalue weighted by molar-refractivity contribution is 0.325. The lowest BCUT2D eigenvalue weighted by Crippen LogP contribution is -2.32. The molecule has 0 amide bonds. The zero-order chi connectivity index (χ0) is 8.69. The fourth-order valence-corrected chi connectivity index (χ4v) is 0.687. The number of hydrazine groups is 1. The highest BCUT2D eigenvalue weighted by Gasteiger charge is 1.93. The van der Waals surface area contributed by atoms with Crippen LogP contribution >= 0.6 is 0 Å². The molecule has 0 aliphatic rings. The van der Waals surface area contributed by atoms with E-state index in [0.717, 1.165) is 13.1 Å². The standard InChI is InChI=1S/C8H17N3/c1-4-11(9)7-8(2)5-6-10-3/h5-6H,4,7,9H2,1-3H3/b8-5+,10-6-. The van der Waals surface area contributed by atoms with Crippen LogP contribution < -0.4 is 5.84 Å². The highest BCUT2D eigenvalue weighted by molar-refractivity contribution is 5.71. The van der Waals surface area contributed by atoms with E-state index in [1.807, 2.05) is 19.9 Å². The number of rotatable bonds is 4. The molecule has 64 valence electrons. The normalized spacial score (nSPS) is 13.4. The minimum absolute atomic E-state index is 0.808. The third kappa shape index (κ3) is 5.76. The third-order valence-corrected chi connectivity index (χ3v) is 1.37. The van der Waals surface area contributed by atoms with Gasteiger partial charge in [-0.2, -0.15) is 0 Å². The number of likely N-dealkylation sites (N-methyl/N-ethyl adjacent to an activating group) is 1. The lowest BCUT2D eigenvalue weighted by atomic mass is 10.3. The zero-order valence-corrected chi connectivity index (χ0v) is 7.54. The van der Waals surface area contributed by atoms with E-state index >= 15 is 0 Å². The summed E-state index contributed by atoms with van der Waals surface area (Å²) in [7, 11) is 1.75. The van der Waals surface area contributed by atoms with Gasteiger partial charge < -0.3 is 0 Å². The van der Waals surface area contributed by atoms with Crippen molar-refractivity contribution in [3.8, 4) is 0 Å². The molecular weight excluding hydrogens is 138 g/mol. The van der Waals surface area contributed by atoms with E-state index in [9.17, 15) is 0 Å². The van der Waals surface area contributed by atoms with Gasteiger partial charge in [0, 0.05) is 26.4 Å². The molecule has 3 nitrogen and oxygen atoms in total. The van der Waals surface area contributed by atoms with Gasteiger partial charge in [-0.25, -0.2) is 5.01 Å². The summed E-state index contributed by atoms with van der Waals surface area (Å²) in [5.41, 5.74) is 1.22. The van der Waals surface area contributed by atoms with Crippen LogP contribution in [0.15, 0.2) is 16.6 Å². The molecule has 0 radical (unpaired) electrons. The molecular formula is C8H17N3.